The van der Waals surface area contributed by atoms with E-state index in [1.165, 1.54) is 58.0 Å². The normalized spacial score (nSPS) is 36.6. The Kier molecular flexibility index (Phi) is 4.66. The van der Waals surface area contributed by atoms with E-state index in [9.17, 15) is 0 Å². The van der Waals surface area contributed by atoms with Crippen molar-refractivity contribution >= 4 is 0 Å². The second-order valence-corrected chi connectivity index (χ2v) is 5.75. The monoisotopic (exact) mass is 224 g/mol. The predicted octanol–water partition coefficient (Wildman–Crippen LogP) is 2.64. The highest BCUT2D eigenvalue weighted by Crippen LogP contribution is 2.28. The van der Waals surface area contributed by atoms with Gasteiger partial charge in [0.1, 0.15) is 0 Å². The van der Waals surface area contributed by atoms with Gasteiger partial charge in [-0.15, -0.1) is 0 Å². The van der Waals surface area contributed by atoms with Crippen LogP contribution in [0.25, 0.3) is 0 Å². The van der Waals surface area contributed by atoms with E-state index >= 15 is 0 Å². The van der Waals surface area contributed by atoms with Gasteiger partial charge in [0.05, 0.1) is 0 Å². The maximum atomic E-state index is 3.49. The summed E-state index contributed by atoms with van der Waals surface area (Å²) in [7, 11) is 2.36. The summed E-state index contributed by atoms with van der Waals surface area (Å²) in [5, 5.41) is 3.49. The van der Waals surface area contributed by atoms with Gasteiger partial charge >= 0.3 is 0 Å². The van der Waals surface area contributed by atoms with Gasteiger partial charge in [0, 0.05) is 18.6 Å². The van der Waals surface area contributed by atoms with E-state index in [4.69, 9.17) is 0 Å². The van der Waals surface area contributed by atoms with Gasteiger partial charge < -0.3 is 5.32 Å². The average molecular weight is 224 g/mol. The van der Waals surface area contributed by atoms with Crippen LogP contribution >= 0.6 is 0 Å². The zero-order chi connectivity index (χ0) is 11.4. The summed E-state index contributed by atoms with van der Waals surface area (Å²) in [6.07, 6.45) is 10.0. The molecule has 2 rings (SSSR count). The van der Waals surface area contributed by atoms with E-state index in [0.717, 1.165) is 18.0 Å². The van der Waals surface area contributed by atoms with Crippen LogP contribution in [0.2, 0.25) is 0 Å². The Morgan fingerprint density at radius 2 is 1.94 bits per heavy atom. The molecule has 1 aliphatic carbocycles. The molecule has 94 valence electrons. The van der Waals surface area contributed by atoms with E-state index < -0.39 is 0 Å². The van der Waals surface area contributed by atoms with Gasteiger partial charge in [-0.1, -0.05) is 26.2 Å². The van der Waals surface area contributed by atoms with Crippen LogP contribution in [-0.4, -0.2) is 37.1 Å². The Labute approximate surface area is 101 Å². The molecular weight excluding hydrogens is 196 g/mol. The quantitative estimate of drug-likeness (QED) is 0.741. The first-order chi connectivity index (χ1) is 7.81. The molecule has 0 aromatic rings. The highest BCUT2D eigenvalue weighted by atomic mass is 15.2. The molecule has 2 nitrogen and oxygen atoms in total. The summed E-state index contributed by atoms with van der Waals surface area (Å²) in [5.74, 6) is 1.01. The SMILES string of the molecule is CCC1CCCC(N(C)C2CCNC2)CC1. The van der Waals surface area contributed by atoms with Crippen molar-refractivity contribution < 1.29 is 0 Å². The molecule has 0 radical (unpaired) electrons. The van der Waals surface area contributed by atoms with Crippen LogP contribution in [0.5, 0.6) is 0 Å². The first kappa shape index (κ1) is 12.4. The highest BCUT2D eigenvalue weighted by molar-refractivity contribution is 4.84. The summed E-state index contributed by atoms with van der Waals surface area (Å²) in [5.41, 5.74) is 0. The Morgan fingerprint density at radius 3 is 2.62 bits per heavy atom. The molecular formula is C14H28N2. The summed E-state index contributed by atoms with van der Waals surface area (Å²) in [6, 6.07) is 1.67. The third-order valence-corrected chi connectivity index (χ3v) is 4.82. The number of likely N-dealkylation sites (N-methyl/N-ethyl adjacent to an activating group) is 1. The third-order valence-electron chi connectivity index (χ3n) is 4.82. The van der Waals surface area contributed by atoms with Gasteiger partial charge in [-0.3, -0.25) is 4.90 Å². The van der Waals surface area contributed by atoms with Crippen LogP contribution < -0.4 is 5.32 Å². The van der Waals surface area contributed by atoms with Crippen LogP contribution in [0.1, 0.15) is 51.9 Å². The molecule has 1 aliphatic heterocycles. The number of rotatable bonds is 3. The van der Waals surface area contributed by atoms with Crippen molar-refractivity contribution in [1.82, 2.24) is 10.2 Å². The van der Waals surface area contributed by atoms with Crippen molar-refractivity contribution in [1.29, 1.82) is 0 Å². The van der Waals surface area contributed by atoms with Gasteiger partial charge in [-0.25, -0.2) is 0 Å². The maximum Gasteiger partial charge on any atom is 0.0232 e. The van der Waals surface area contributed by atoms with Crippen molar-refractivity contribution in [3.05, 3.63) is 0 Å². The van der Waals surface area contributed by atoms with Crippen molar-refractivity contribution in [2.24, 2.45) is 5.92 Å². The summed E-state index contributed by atoms with van der Waals surface area (Å²) < 4.78 is 0. The minimum absolute atomic E-state index is 0.808. The van der Waals surface area contributed by atoms with Gasteiger partial charge in [-0.05, 0) is 45.2 Å². The van der Waals surface area contributed by atoms with E-state index in [0.29, 0.717) is 0 Å². The zero-order valence-electron chi connectivity index (χ0n) is 11.0. The van der Waals surface area contributed by atoms with Crippen LogP contribution in [0, 0.1) is 5.92 Å². The number of hydrogen-bond donors (Lipinski definition) is 1. The Balaban J connectivity index is 1.83. The van der Waals surface area contributed by atoms with Crippen molar-refractivity contribution in [3.63, 3.8) is 0 Å². The van der Waals surface area contributed by atoms with E-state index in [-0.39, 0.29) is 0 Å². The smallest absolute Gasteiger partial charge is 0.0232 e. The molecule has 1 saturated heterocycles. The Bertz CT molecular complexity index is 199. The molecule has 1 saturated carbocycles. The molecule has 3 atom stereocenters. The first-order valence-corrected chi connectivity index (χ1v) is 7.24. The number of nitrogens with one attached hydrogen (secondary N) is 1. The van der Waals surface area contributed by atoms with Crippen molar-refractivity contribution in [2.45, 2.75) is 64.0 Å². The lowest BCUT2D eigenvalue weighted by Crippen LogP contribution is -2.41. The van der Waals surface area contributed by atoms with Crippen LogP contribution in [0.4, 0.5) is 0 Å². The van der Waals surface area contributed by atoms with Gasteiger partial charge in [0.15, 0.2) is 0 Å². The second-order valence-electron chi connectivity index (χ2n) is 5.75. The lowest BCUT2D eigenvalue weighted by molar-refractivity contribution is 0.166. The molecule has 0 spiro atoms. The van der Waals surface area contributed by atoms with Crippen LogP contribution in [0.15, 0.2) is 0 Å². The average Bonchev–Trinajstić information content (AvgIpc) is 2.73. The van der Waals surface area contributed by atoms with E-state index in [1.807, 2.05) is 0 Å². The van der Waals surface area contributed by atoms with E-state index in [1.54, 1.807) is 0 Å². The first-order valence-electron chi connectivity index (χ1n) is 7.24. The molecule has 16 heavy (non-hydrogen) atoms. The maximum absolute atomic E-state index is 3.49. The fraction of sp³-hybridized carbons (Fsp3) is 1.00. The summed E-state index contributed by atoms with van der Waals surface area (Å²) in [6.45, 7) is 4.79. The summed E-state index contributed by atoms with van der Waals surface area (Å²) >= 11 is 0. The van der Waals surface area contributed by atoms with Gasteiger partial charge in [0.25, 0.3) is 0 Å². The van der Waals surface area contributed by atoms with Crippen molar-refractivity contribution in [2.75, 3.05) is 20.1 Å². The van der Waals surface area contributed by atoms with Crippen molar-refractivity contribution in [3.8, 4) is 0 Å². The van der Waals surface area contributed by atoms with Crippen LogP contribution in [-0.2, 0) is 0 Å². The summed E-state index contributed by atoms with van der Waals surface area (Å²) in [4.78, 5) is 2.68. The third kappa shape index (κ3) is 2.98. The molecule has 0 bridgehead atoms. The lowest BCUT2D eigenvalue weighted by atomic mass is 9.97. The predicted molar refractivity (Wildman–Crippen MR) is 69.7 cm³/mol. The molecule has 0 aromatic carbocycles. The van der Waals surface area contributed by atoms with Crippen LogP contribution in [0.3, 0.4) is 0 Å². The molecule has 2 aliphatic rings. The standard InChI is InChI=1S/C14H28N2/c1-3-12-5-4-6-13(8-7-12)16(2)14-9-10-15-11-14/h12-15H,3-11H2,1-2H3. The Hall–Kier alpha value is -0.0800. The molecule has 3 unspecified atom stereocenters. The number of hydrogen-bond acceptors (Lipinski definition) is 2. The molecule has 2 heteroatoms. The van der Waals surface area contributed by atoms with Gasteiger partial charge in [-0.2, -0.15) is 0 Å². The fourth-order valence-electron chi connectivity index (χ4n) is 3.46. The molecule has 2 fully saturated rings. The molecule has 0 amide bonds. The highest BCUT2D eigenvalue weighted by Gasteiger charge is 2.27. The molecule has 1 N–H and O–H groups in total. The lowest BCUT2D eigenvalue weighted by Gasteiger charge is -2.32. The Morgan fingerprint density at radius 1 is 1.06 bits per heavy atom. The van der Waals surface area contributed by atoms with Gasteiger partial charge in [0.2, 0.25) is 0 Å². The fourth-order valence-corrected chi connectivity index (χ4v) is 3.46. The minimum atomic E-state index is 0.808. The largest absolute Gasteiger partial charge is 0.315 e. The topological polar surface area (TPSA) is 15.3 Å². The molecule has 1 heterocycles. The zero-order valence-corrected chi connectivity index (χ0v) is 11.0. The van der Waals surface area contributed by atoms with E-state index in [2.05, 4.69) is 24.2 Å². The molecule has 0 aromatic heterocycles. The second kappa shape index (κ2) is 6.02. The number of nitrogens with zero attached hydrogens (tertiary/aromatic N) is 1. The minimum Gasteiger partial charge on any atom is -0.315 e.